The molecule has 0 bridgehead atoms. The number of cyclic esters (lactones) is 1. The molecule has 7 nitrogen and oxygen atoms in total. The van der Waals surface area contributed by atoms with E-state index in [4.69, 9.17) is 15.5 Å². The van der Waals surface area contributed by atoms with Gasteiger partial charge in [-0.2, -0.15) is 0 Å². The third-order valence-electron chi connectivity index (χ3n) is 6.70. The number of fused-ring (bicyclic) bond motifs is 5. The Bertz CT molecular complexity index is 1320. The molecular weight excluding hydrogens is 394 g/mol. The van der Waals surface area contributed by atoms with Crippen molar-refractivity contribution in [3.05, 3.63) is 62.4 Å². The molecule has 5 rings (SSSR count). The minimum Gasteiger partial charge on any atom is -0.458 e. The van der Waals surface area contributed by atoms with E-state index < -0.39 is 11.6 Å². The number of nitrogens with two attached hydrogens (primary N) is 1. The van der Waals surface area contributed by atoms with Gasteiger partial charge in [0, 0.05) is 23.1 Å². The number of aromatic nitrogens is 2. The van der Waals surface area contributed by atoms with Gasteiger partial charge < -0.3 is 20.1 Å². The van der Waals surface area contributed by atoms with Crippen LogP contribution in [0.3, 0.4) is 0 Å². The predicted octanol–water partition coefficient (Wildman–Crippen LogP) is 2.66. The summed E-state index contributed by atoms with van der Waals surface area (Å²) >= 11 is 0. The number of esters is 1. The molecule has 0 unspecified atom stereocenters. The van der Waals surface area contributed by atoms with Crippen LogP contribution >= 0.6 is 0 Å². The van der Waals surface area contributed by atoms with Crippen LogP contribution in [0.4, 0.5) is 0 Å². The number of hydrogen-bond acceptors (Lipinski definition) is 6. The lowest BCUT2D eigenvalue weighted by molar-refractivity contribution is -0.172. The maximum Gasteiger partial charge on any atom is 0.343 e. The first kappa shape index (κ1) is 19.9. The molecule has 0 radical (unpaired) electrons. The molecule has 4 heterocycles. The lowest BCUT2D eigenvalue weighted by Gasteiger charge is -2.31. The van der Waals surface area contributed by atoms with Crippen molar-refractivity contribution < 1.29 is 14.6 Å². The lowest BCUT2D eigenvalue weighted by atomic mass is 9.86. The average Bonchev–Trinajstić information content (AvgIpc) is 3.13. The minimum absolute atomic E-state index is 0.117. The van der Waals surface area contributed by atoms with Crippen molar-refractivity contribution in [2.24, 2.45) is 5.73 Å². The minimum atomic E-state index is -1.83. The van der Waals surface area contributed by atoms with E-state index in [-0.39, 0.29) is 18.6 Å². The normalized spacial score (nSPS) is 19.4. The smallest absolute Gasteiger partial charge is 0.343 e. The quantitative estimate of drug-likeness (QED) is 0.495. The number of rotatable bonds is 3. The predicted molar refractivity (Wildman–Crippen MR) is 117 cm³/mol. The molecule has 2 aliphatic heterocycles. The number of ether oxygens (including phenoxy) is 1. The fourth-order valence-corrected chi connectivity index (χ4v) is 4.77. The number of carbonyl (C=O) groups excluding carboxylic acids is 1. The van der Waals surface area contributed by atoms with E-state index >= 15 is 0 Å². The Morgan fingerprint density at radius 1 is 1.26 bits per heavy atom. The summed E-state index contributed by atoms with van der Waals surface area (Å²) in [5.74, 6) is -0.348. The summed E-state index contributed by atoms with van der Waals surface area (Å²) in [6.45, 7) is 6.52. The second kappa shape index (κ2) is 6.73. The summed E-state index contributed by atoms with van der Waals surface area (Å²) in [4.78, 5) is 30.5. The number of aliphatic hydroxyl groups is 1. The molecule has 3 aromatic rings. The van der Waals surface area contributed by atoms with Gasteiger partial charge in [-0.05, 0) is 41.7 Å². The highest BCUT2D eigenvalue weighted by molar-refractivity contribution is 5.89. The third kappa shape index (κ3) is 2.63. The molecule has 0 saturated carbocycles. The monoisotopic (exact) mass is 419 g/mol. The maximum atomic E-state index is 13.3. The van der Waals surface area contributed by atoms with Crippen LogP contribution in [0.2, 0.25) is 0 Å². The Balaban J connectivity index is 1.80. The van der Waals surface area contributed by atoms with Gasteiger partial charge in [-0.3, -0.25) is 4.79 Å². The van der Waals surface area contributed by atoms with Gasteiger partial charge in [0.05, 0.1) is 29.0 Å². The van der Waals surface area contributed by atoms with E-state index in [1.165, 1.54) is 5.56 Å². The first-order chi connectivity index (χ1) is 14.8. The fraction of sp³-hybridized carbons (Fsp3) is 0.375. The Hall–Kier alpha value is -3.03. The number of benzene rings is 1. The Kier molecular flexibility index (Phi) is 4.32. The largest absolute Gasteiger partial charge is 0.458 e. The molecule has 160 valence electrons. The average molecular weight is 419 g/mol. The van der Waals surface area contributed by atoms with Gasteiger partial charge in [0.25, 0.3) is 5.56 Å². The number of hydrogen-bond donors (Lipinski definition) is 2. The van der Waals surface area contributed by atoms with E-state index in [1.807, 2.05) is 6.07 Å². The van der Waals surface area contributed by atoms with E-state index in [9.17, 15) is 14.7 Å². The first-order valence-electron chi connectivity index (χ1n) is 10.6. The molecule has 0 amide bonds. The van der Waals surface area contributed by atoms with Crippen molar-refractivity contribution in [2.45, 2.75) is 58.4 Å². The molecule has 0 saturated heterocycles. The van der Waals surface area contributed by atoms with Crippen molar-refractivity contribution in [1.82, 2.24) is 9.55 Å². The summed E-state index contributed by atoms with van der Waals surface area (Å²) in [5, 5.41) is 12.0. The van der Waals surface area contributed by atoms with Crippen molar-refractivity contribution in [2.75, 3.05) is 0 Å². The van der Waals surface area contributed by atoms with Gasteiger partial charge >= 0.3 is 5.97 Å². The Morgan fingerprint density at radius 2 is 2.03 bits per heavy atom. The molecule has 3 N–H and O–H groups in total. The zero-order valence-corrected chi connectivity index (χ0v) is 17.9. The van der Waals surface area contributed by atoms with E-state index in [2.05, 4.69) is 26.0 Å². The number of carbonyl (C=O) groups is 1. The van der Waals surface area contributed by atoms with Crippen LogP contribution in [-0.4, -0.2) is 20.6 Å². The van der Waals surface area contributed by atoms with Crippen molar-refractivity contribution >= 4 is 16.9 Å². The second-order valence-corrected chi connectivity index (χ2v) is 8.66. The van der Waals surface area contributed by atoms with Crippen molar-refractivity contribution in [3.8, 4) is 11.4 Å². The second-order valence-electron chi connectivity index (χ2n) is 8.66. The molecular formula is C24H25N3O4. The Morgan fingerprint density at radius 3 is 2.71 bits per heavy atom. The molecule has 0 aliphatic carbocycles. The van der Waals surface area contributed by atoms with Crippen LogP contribution in [0.5, 0.6) is 0 Å². The van der Waals surface area contributed by atoms with E-state index in [0.29, 0.717) is 41.5 Å². The third-order valence-corrected chi connectivity index (χ3v) is 6.70. The first-order valence-corrected chi connectivity index (χ1v) is 10.6. The highest BCUT2D eigenvalue weighted by atomic mass is 16.6. The highest BCUT2D eigenvalue weighted by Crippen LogP contribution is 2.40. The molecule has 2 aromatic heterocycles. The fourth-order valence-electron chi connectivity index (χ4n) is 4.77. The van der Waals surface area contributed by atoms with E-state index in [0.717, 1.165) is 22.0 Å². The van der Waals surface area contributed by atoms with E-state index in [1.54, 1.807) is 17.6 Å². The number of nitrogens with zero attached hydrogens (tertiary/aromatic N) is 2. The van der Waals surface area contributed by atoms with Crippen LogP contribution in [0.15, 0.2) is 29.1 Å². The lowest BCUT2D eigenvalue weighted by Crippen LogP contribution is -2.44. The summed E-state index contributed by atoms with van der Waals surface area (Å²) in [5.41, 5.74) is 9.92. The molecule has 7 heteroatoms. The zero-order valence-electron chi connectivity index (χ0n) is 17.9. The van der Waals surface area contributed by atoms with Gasteiger partial charge in [0.15, 0.2) is 5.60 Å². The number of pyridine rings is 2. The summed E-state index contributed by atoms with van der Waals surface area (Å²) < 4.78 is 6.78. The van der Waals surface area contributed by atoms with Crippen LogP contribution in [0.25, 0.3) is 22.3 Å². The van der Waals surface area contributed by atoms with Gasteiger partial charge in [0.2, 0.25) is 0 Å². The summed E-state index contributed by atoms with van der Waals surface area (Å²) in [6, 6.07) is 7.92. The van der Waals surface area contributed by atoms with Crippen LogP contribution in [0, 0.1) is 0 Å². The zero-order chi connectivity index (χ0) is 22.1. The van der Waals surface area contributed by atoms with Gasteiger partial charge in [-0.15, -0.1) is 0 Å². The maximum absolute atomic E-state index is 13.3. The SMILES string of the molecule is CC[C@@]1(O)C(=O)OCc2c1cc1n(c2=O)Cc2c-1nc1ccc(C(C)C)cc1c2CN. The highest BCUT2D eigenvalue weighted by Gasteiger charge is 2.45. The standard InChI is InChI=1S/C24H25N3O4/c1-4-24(30)18-8-20-21-16(10-27(20)22(28)17(18)11-31-23(24)29)15(9-25)14-7-13(12(2)3)5-6-19(14)26-21/h5-8,12,30H,4,9-11,25H2,1-3H3/t24-/m0/s1. The topological polar surface area (TPSA) is 107 Å². The molecule has 1 atom stereocenters. The molecule has 0 fully saturated rings. The van der Waals surface area contributed by atoms with Crippen molar-refractivity contribution in [1.29, 1.82) is 0 Å². The Labute approximate surface area is 179 Å². The molecule has 31 heavy (non-hydrogen) atoms. The summed E-state index contributed by atoms with van der Waals surface area (Å²) in [6.07, 6.45) is 0.117. The molecule has 0 spiro atoms. The van der Waals surface area contributed by atoms with Gasteiger partial charge in [0.1, 0.15) is 6.61 Å². The van der Waals surface area contributed by atoms with Crippen LogP contribution < -0.4 is 11.3 Å². The van der Waals surface area contributed by atoms with Gasteiger partial charge in [-0.1, -0.05) is 26.8 Å². The van der Waals surface area contributed by atoms with Crippen LogP contribution in [-0.2, 0) is 34.8 Å². The van der Waals surface area contributed by atoms with Crippen LogP contribution in [0.1, 0.15) is 60.9 Å². The van der Waals surface area contributed by atoms with Gasteiger partial charge in [-0.25, -0.2) is 9.78 Å². The molecule has 2 aliphatic rings. The molecule has 1 aromatic carbocycles. The van der Waals surface area contributed by atoms with Crippen molar-refractivity contribution in [3.63, 3.8) is 0 Å². The summed E-state index contributed by atoms with van der Waals surface area (Å²) in [7, 11) is 0.